The van der Waals surface area contributed by atoms with E-state index < -0.39 is 12.0 Å². The number of nitrogens with zero attached hydrogens (tertiary/aromatic N) is 3. The molecule has 0 aliphatic carbocycles. The second-order valence-electron chi connectivity index (χ2n) is 10.5. The molecule has 1 fully saturated rings. The van der Waals surface area contributed by atoms with Crippen LogP contribution in [0.5, 0.6) is 0 Å². The average Bonchev–Trinajstić information content (AvgIpc) is 2.81. The molecule has 2 aliphatic rings. The first-order valence-corrected chi connectivity index (χ1v) is 12.8. The van der Waals surface area contributed by atoms with Gasteiger partial charge in [0.15, 0.2) is 0 Å². The van der Waals surface area contributed by atoms with E-state index in [1.54, 1.807) is 14.0 Å². The van der Waals surface area contributed by atoms with Crippen molar-refractivity contribution in [2.45, 2.75) is 59.0 Å². The quantitative estimate of drug-likeness (QED) is 0.586. The van der Waals surface area contributed by atoms with Gasteiger partial charge in [-0.15, -0.1) is 0 Å². The highest BCUT2D eigenvalue weighted by atomic mass is 16.5. The standard InChI is InChI=1S/C27H41N5O4/c1-8-28-25(34)32-15-14-31(16-18(32)3)17-21-22(24(33)36-9-2)23(29-26(35)30(21)7)19-10-12-20(13-11-19)27(4,5)6/h10-13,18,23H,8-9,14-17H2,1-7H3,(H,28,34)(H,29,35)/t18-,23-/m0/s1. The molecule has 9 nitrogen and oxygen atoms in total. The molecule has 1 aromatic carbocycles. The van der Waals surface area contributed by atoms with Crippen LogP contribution in [0.25, 0.3) is 0 Å². The van der Waals surface area contributed by atoms with Gasteiger partial charge in [0, 0.05) is 51.5 Å². The Kier molecular flexibility index (Phi) is 8.66. The van der Waals surface area contributed by atoms with E-state index in [0.29, 0.717) is 44.0 Å². The lowest BCUT2D eigenvalue weighted by Gasteiger charge is -2.42. The van der Waals surface area contributed by atoms with E-state index in [1.807, 2.05) is 43.0 Å². The van der Waals surface area contributed by atoms with Gasteiger partial charge >= 0.3 is 18.0 Å². The molecule has 0 aromatic heterocycles. The Bertz CT molecular complexity index is 998. The number of urea groups is 2. The normalized spacial score (nSPS) is 21.4. The molecular weight excluding hydrogens is 458 g/mol. The number of rotatable bonds is 6. The van der Waals surface area contributed by atoms with Crippen LogP contribution < -0.4 is 10.6 Å². The zero-order valence-electron chi connectivity index (χ0n) is 22.7. The minimum atomic E-state index is -0.606. The minimum absolute atomic E-state index is 0.000376. The van der Waals surface area contributed by atoms with Gasteiger partial charge in [0.25, 0.3) is 0 Å². The number of carbonyl (C=O) groups is 3. The average molecular weight is 500 g/mol. The zero-order valence-corrected chi connectivity index (χ0v) is 22.7. The maximum Gasteiger partial charge on any atom is 0.338 e. The molecule has 4 amide bonds. The number of ether oxygens (including phenoxy) is 1. The third-order valence-corrected chi connectivity index (χ3v) is 6.86. The van der Waals surface area contributed by atoms with Gasteiger partial charge in [-0.2, -0.15) is 0 Å². The van der Waals surface area contributed by atoms with Crippen LogP contribution >= 0.6 is 0 Å². The Labute approximate surface area is 214 Å². The van der Waals surface area contributed by atoms with Crippen molar-refractivity contribution in [3.05, 3.63) is 46.7 Å². The molecule has 2 aliphatic heterocycles. The number of hydrogen-bond acceptors (Lipinski definition) is 5. The highest BCUT2D eigenvalue weighted by Crippen LogP contribution is 2.33. The summed E-state index contributed by atoms with van der Waals surface area (Å²) in [5, 5.41) is 5.86. The summed E-state index contributed by atoms with van der Waals surface area (Å²) in [5.74, 6) is -0.432. The second kappa shape index (κ2) is 11.3. The summed E-state index contributed by atoms with van der Waals surface area (Å²) in [5.41, 5.74) is 3.07. The molecule has 1 aromatic rings. The van der Waals surface area contributed by atoms with E-state index >= 15 is 0 Å². The van der Waals surface area contributed by atoms with Gasteiger partial charge in [0.2, 0.25) is 0 Å². The Hall–Kier alpha value is -3.07. The van der Waals surface area contributed by atoms with Crippen LogP contribution in [0.2, 0.25) is 0 Å². The molecule has 0 bridgehead atoms. The fraction of sp³-hybridized carbons (Fsp3) is 0.593. The van der Waals surface area contributed by atoms with Gasteiger partial charge in [0.05, 0.1) is 18.2 Å². The Balaban J connectivity index is 1.94. The zero-order chi connectivity index (χ0) is 26.6. The molecule has 198 valence electrons. The summed E-state index contributed by atoms with van der Waals surface area (Å²) >= 11 is 0. The fourth-order valence-electron chi connectivity index (χ4n) is 4.77. The van der Waals surface area contributed by atoms with Crippen molar-refractivity contribution in [2.75, 3.05) is 46.4 Å². The molecular formula is C27H41N5O4. The van der Waals surface area contributed by atoms with E-state index in [2.05, 4.69) is 36.3 Å². The first-order chi connectivity index (χ1) is 17.0. The van der Waals surface area contributed by atoms with Crippen molar-refractivity contribution in [2.24, 2.45) is 0 Å². The predicted molar refractivity (Wildman–Crippen MR) is 140 cm³/mol. The number of likely N-dealkylation sites (N-methyl/N-ethyl adjacent to an activating group) is 1. The maximum absolute atomic E-state index is 13.3. The largest absolute Gasteiger partial charge is 0.463 e. The van der Waals surface area contributed by atoms with Gasteiger partial charge in [-0.3, -0.25) is 9.80 Å². The summed E-state index contributed by atoms with van der Waals surface area (Å²) in [4.78, 5) is 44.1. The molecule has 0 radical (unpaired) electrons. The summed E-state index contributed by atoms with van der Waals surface area (Å²) in [6.45, 7) is 15.2. The van der Waals surface area contributed by atoms with Crippen LogP contribution in [-0.4, -0.2) is 85.2 Å². The van der Waals surface area contributed by atoms with Crippen LogP contribution in [0.3, 0.4) is 0 Å². The molecule has 0 saturated carbocycles. The smallest absolute Gasteiger partial charge is 0.338 e. The summed E-state index contributed by atoms with van der Waals surface area (Å²) in [6, 6.07) is 7.10. The van der Waals surface area contributed by atoms with Crippen LogP contribution in [0.1, 0.15) is 58.7 Å². The minimum Gasteiger partial charge on any atom is -0.463 e. The molecule has 2 N–H and O–H groups in total. The summed E-state index contributed by atoms with van der Waals surface area (Å²) in [6.07, 6.45) is 0. The number of benzene rings is 1. The number of nitrogens with one attached hydrogen (secondary N) is 2. The number of piperazine rings is 1. The van der Waals surface area contributed by atoms with E-state index in [-0.39, 0.29) is 30.1 Å². The van der Waals surface area contributed by atoms with E-state index in [9.17, 15) is 14.4 Å². The van der Waals surface area contributed by atoms with Crippen molar-refractivity contribution >= 4 is 18.0 Å². The molecule has 2 atom stereocenters. The van der Waals surface area contributed by atoms with Gasteiger partial charge in [-0.25, -0.2) is 14.4 Å². The predicted octanol–water partition coefficient (Wildman–Crippen LogP) is 3.23. The first kappa shape index (κ1) is 27.5. The van der Waals surface area contributed by atoms with E-state index in [0.717, 1.165) is 5.56 Å². The number of amides is 4. The first-order valence-electron chi connectivity index (χ1n) is 12.8. The Morgan fingerprint density at radius 1 is 1.14 bits per heavy atom. The number of esters is 1. The lowest BCUT2D eigenvalue weighted by atomic mass is 9.85. The van der Waals surface area contributed by atoms with Gasteiger partial charge in [-0.05, 0) is 37.3 Å². The molecule has 2 heterocycles. The van der Waals surface area contributed by atoms with Gasteiger partial charge in [-0.1, -0.05) is 45.0 Å². The number of hydrogen-bond donors (Lipinski definition) is 2. The number of carbonyl (C=O) groups excluding carboxylic acids is 3. The highest BCUT2D eigenvalue weighted by Gasteiger charge is 2.38. The topological polar surface area (TPSA) is 94.2 Å². The van der Waals surface area contributed by atoms with E-state index in [1.165, 1.54) is 10.5 Å². The summed E-state index contributed by atoms with van der Waals surface area (Å²) < 4.78 is 5.46. The van der Waals surface area contributed by atoms with Crippen LogP contribution in [0, 0.1) is 0 Å². The molecule has 0 unspecified atom stereocenters. The third-order valence-electron chi connectivity index (χ3n) is 6.86. The van der Waals surface area contributed by atoms with Crippen LogP contribution in [0.4, 0.5) is 9.59 Å². The lowest BCUT2D eigenvalue weighted by molar-refractivity contribution is -0.139. The molecule has 0 spiro atoms. The Morgan fingerprint density at radius 3 is 2.36 bits per heavy atom. The third kappa shape index (κ3) is 6.00. The van der Waals surface area contributed by atoms with Crippen LogP contribution in [-0.2, 0) is 14.9 Å². The fourth-order valence-corrected chi connectivity index (χ4v) is 4.77. The SMILES string of the molecule is CCNC(=O)N1CCN(CC2=C(C(=O)OCC)[C@H](c3ccc(C(C)(C)C)cc3)NC(=O)N2C)C[C@@H]1C. The van der Waals surface area contributed by atoms with E-state index in [4.69, 9.17) is 4.74 Å². The van der Waals surface area contributed by atoms with Crippen molar-refractivity contribution in [1.29, 1.82) is 0 Å². The highest BCUT2D eigenvalue weighted by molar-refractivity contribution is 5.95. The van der Waals surface area contributed by atoms with Crippen molar-refractivity contribution in [3.8, 4) is 0 Å². The molecule has 1 saturated heterocycles. The summed E-state index contributed by atoms with van der Waals surface area (Å²) in [7, 11) is 1.68. The molecule has 3 rings (SSSR count). The van der Waals surface area contributed by atoms with Gasteiger partial charge < -0.3 is 20.3 Å². The molecule has 36 heavy (non-hydrogen) atoms. The maximum atomic E-state index is 13.3. The Morgan fingerprint density at radius 2 is 1.81 bits per heavy atom. The van der Waals surface area contributed by atoms with Crippen molar-refractivity contribution < 1.29 is 19.1 Å². The molecule has 9 heteroatoms. The van der Waals surface area contributed by atoms with Crippen molar-refractivity contribution in [3.63, 3.8) is 0 Å². The van der Waals surface area contributed by atoms with Crippen molar-refractivity contribution in [1.82, 2.24) is 25.3 Å². The van der Waals surface area contributed by atoms with Crippen LogP contribution in [0.15, 0.2) is 35.5 Å². The monoisotopic (exact) mass is 499 g/mol. The lowest BCUT2D eigenvalue weighted by Crippen LogP contribution is -2.57. The second-order valence-corrected chi connectivity index (χ2v) is 10.5. The van der Waals surface area contributed by atoms with Gasteiger partial charge in [0.1, 0.15) is 0 Å².